The summed E-state index contributed by atoms with van der Waals surface area (Å²) in [6, 6.07) is 2.60. The Morgan fingerprint density at radius 3 is 2.50 bits per heavy atom. The molecule has 0 spiro atoms. The van der Waals surface area contributed by atoms with Gasteiger partial charge in [0, 0.05) is 17.1 Å². The maximum absolute atomic E-state index is 4.56. The van der Waals surface area contributed by atoms with Gasteiger partial charge in [-0.05, 0) is 45.1 Å². The lowest BCUT2D eigenvalue weighted by Gasteiger charge is -2.11. The molecule has 1 aromatic heterocycles. The van der Waals surface area contributed by atoms with Crippen molar-refractivity contribution >= 4 is 15.9 Å². The first kappa shape index (κ1) is 13.8. The third-order valence-electron chi connectivity index (χ3n) is 2.63. The minimum Gasteiger partial charge on any atom is -0.270 e. The summed E-state index contributed by atoms with van der Waals surface area (Å²) in [5, 5.41) is 4.56. The molecule has 0 bridgehead atoms. The minimum atomic E-state index is 0.462. The van der Waals surface area contributed by atoms with Gasteiger partial charge in [0.25, 0.3) is 0 Å². The molecule has 3 heteroatoms. The molecule has 0 fully saturated rings. The fourth-order valence-electron chi connectivity index (χ4n) is 1.73. The van der Waals surface area contributed by atoms with E-state index in [4.69, 9.17) is 0 Å². The Bertz CT molecular complexity index is 305. The molecule has 0 amide bonds. The van der Waals surface area contributed by atoms with E-state index >= 15 is 0 Å². The molecule has 0 radical (unpaired) electrons. The van der Waals surface area contributed by atoms with Crippen LogP contribution in [0.2, 0.25) is 0 Å². The number of hydrogen-bond donors (Lipinski definition) is 0. The zero-order chi connectivity index (χ0) is 12.1. The molecule has 0 saturated carbocycles. The van der Waals surface area contributed by atoms with Gasteiger partial charge in [0.1, 0.15) is 0 Å². The molecule has 1 unspecified atom stereocenters. The highest BCUT2D eigenvalue weighted by atomic mass is 79.9. The normalized spacial score (nSPS) is 13.7. The van der Waals surface area contributed by atoms with Gasteiger partial charge in [-0.25, -0.2) is 0 Å². The van der Waals surface area contributed by atoms with Crippen LogP contribution < -0.4 is 0 Å². The van der Waals surface area contributed by atoms with E-state index in [1.54, 1.807) is 0 Å². The van der Waals surface area contributed by atoms with Gasteiger partial charge in [-0.3, -0.25) is 4.68 Å². The lowest BCUT2D eigenvalue weighted by molar-refractivity contribution is 0.519. The highest BCUT2D eigenvalue weighted by molar-refractivity contribution is 9.09. The second kappa shape index (κ2) is 6.43. The summed E-state index contributed by atoms with van der Waals surface area (Å²) >= 11 is 3.74. The summed E-state index contributed by atoms with van der Waals surface area (Å²) in [7, 11) is 0. The van der Waals surface area contributed by atoms with Crippen LogP contribution in [0.4, 0.5) is 0 Å². The standard InChI is InChI=1S/C13H23BrN2/c1-10(2)9-12(14)5-6-13-7-8-16(15-13)11(3)4/h7-8,10-12H,5-6,9H2,1-4H3. The number of aromatic nitrogens is 2. The Kier molecular flexibility index (Phi) is 5.53. The first-order chi connectivity index (χ1) is 7.49. The van der Waals surface area contributed by atoms with Gasteiger partial charge in [0.05, 0.1) is 5.69 Å². The van der Waals surface area contributed by atoms with Gasteiger partial charge in [-0.1, -0.05) is 29.8 Å². The Hall–Kier alpha value is -0.310. The lowest BCUT2D eigenvalue weighted by Crippen LogP contribution is -2.06. The summed E-state index contributed by atoms with van der Waals surface area (Å²) in [5.74, 6) is 0.762. The van der Waals surface area contributed by atoms with Crippen molar-refractivity contribution in [1.82, 2.24) is 9.78 Å². The van der Waals surface area contributed by atoms with E-state index in [1.807, 2.05) is 4.68 Å². The molecule has 0 aromatic carbocycles. The van der Waals surface area contributed by atoms with Crippen molar-refractivity contribution in [2.45, 2.75) is 57.8 Å². The number of hydrogen-bond acceptors (Lipinski definition) is 1. The van der Waals surface area contributed by atoms with Crippen LogP contribution in [0.25, 0.3) is 0 Å². The molecule has 92 valence electrons. The molecular weight excluding hydrogens is 264 g/mol. The summed E-state index contributed by atoms with van der Waals surface area (Å²) < 4.78 is 2.03. The van der Waals surface area contributed by atoms with Crippen molar-refractivity contribution in [3.8, 4) is 0 Å². The molecule has 0 aliphatic heterocycles. The van der Waals surface area contributed by atoms with Crippen molar-refractivity contribution in [3.05, 3.63) is 18.0 Å². The Labute approximate surface area is 108 Å². The molecule has 0 N–H and O–H groups in total. The molecule has 0 aliphatic rings. The predicted octanol–water partition coefficient (Wildman–Crippen LogP) is 4.21. The third kappa shape index (κ3) is 4.69. The SMILES string of the molecule is CC(C)CC(Br)CCc1ccn(C(C)C)n1. The predicted molar refractivity (Wildman–Crippen MR) is 73.1 cm³/mol. The summed E-state index contributed by atoms with van der Waals surface area (Å²) in [4.78, 5) is 0.622. The van der Waals surface area contributed by atoms with Gasteiger partial charge >= 0.3 is 0 Å². The van der Waals surface area contributed by atoms with Crippen LogP contribution in [-0.4, -0.2) is 14.6 Å². The van der Waals surface area contributed by atoms with Crippen LogP contribution in [0.5, 0.6) is 0 Å². The maximum atomic E-state index is 4.56. The Balaban J connectivity index is 2.36. The van der Waals surface area contributed by atoms with E-state index in [9.17, 15) is 0 Å². The monoisotopic (exact) mass is 286 g/mol. The molecule has 1 heterocycles. The maximum Gasteiger partial charge on any atom is 0.0625 e. The number of aryl methyl sites for hydroxylation is 1. The van der Waals surface area contributed by atoms with Gasteiger partial charge in [-0.15, -0.1) is 0 Å². The lowest BCUT2D eigenvalue weighted by atomic mass is 10.0. The molecular formula is C13H23BrN2. The van der Waals surface area contributed by atoms with E-state index in [0.717, 1.165) is 12.3 Å². The minimum absolute atomic E-state index is 0.462. The van der Waals surface area contributed by atoms with E-state index in [1.165, 1.54) is 18.5 Å². The van der Waals surface area contributed by atoms with Crippen molar-refractivity contribution < 1.29 is 0 Å². The van der Waals surface area contributed by atoms with Gasteiger partial charge < -0.3 is 0 Å². The zero-order valence-corrected chi connectivity index (χ0v) is 12.4. The Morgan fingerprint density at radius 2 is 2.00 bits per heavy atom. The van der Waals surface area contributed by atoms with Crippen LogP contribution in [0.15, 0.2) is 12.3 Å². The smallest absolute Gasteiger partial charge is 0.0625 e. The third-order valence-corrected chi connectivity index (χ3v) is 3.47. The van der Waals surface area contributed by atoms with Crippen LogP contribution >= 0.6 is 15.9 Å². The molecule has 2 nitrogen and oxygen atoms in total. The first-order valence-electron chi connectivity index (χ1n) is 6.17. The van der Waals surface area contributed by atoms with Crippen LogP contribution in [0.1, 0.15) is 52.3 Å². The molecule has 0 saturated heterocycles. The average Bonchev–Trinajstić information content (AvgIpc) is 2.61. The highest BCUT2D eigenvalue weighted by Crippen LogP contribution is 2.18. The quantitative estimate of drug-likeness (QED) is 0.717. The topological polar surface area (TPSA) is 17.8 Å². The zero-order valence-electron chi connectivity index (χ0n) is 10.8. The molecule has 1 atom stereocenters. The fraction of sp³-hybridized carbons (Fsp3) is 0.769. The molecule has 0 aliphatic carbocycles. The number of rotatable bonds is 6. The summed E-state index contributed by atoms with van der Waals surface area (Å²) in [5.41, 5.74) is 1.21. The van der Waals surface area contributed by atoms with Gasteiger partial charge in [-0.2, -0.15) is 5.10 Å². The highest BCUT2D eigenvalue weighted by Gasteiger charge is 2.08. The van der Waals surface area contributed by atoms with Gasteiger partial charge in [0.15, 0.2) is 0 Å². The van der Waals surface area contributed by atoms with Crippen molar-refractivity contribution in [1.29, 1.82) is 0 Å². The van der Waals surface area contributed by atoms with Crippen LogP contribution in [0.3, 0.4) is 0 Å². The molecule has 1 aromatic rings. The van der Waals surface area contributed by atoms with Gasteiger partial charge in [0.2, 0.25) is 0 Å². The van der Waals surface area contributed by atoms with Crippen molar-refractivity contribution in [2.75, 3.05) is 0 Å². The average molecular weight is 287 g/mol. The van der Waals surface area contributed by atoms with E-state index < -0.39 is 0 Å². The summed E-state index contributed by atoms with van der Waals surface area (Å²) in [6.07, 6.45) is 5.56. The van der Waals surface area contributed by atoms with E-state index in [0.29, 0.717) is 10.9 Å². The fourth-order valence-corrected chi connectivity index (χ4v) is 2.71. The number of halogens is 1. The second-order valence-electron chi connectivity index (χ2n) is 5.15. The van der Waals surface area contributed by atoms with Crippen LogP contribution in [0, 0.1) is 5.92 Å². The molecule has 1 rings (SSSR count). The van der Waals surface area contributed by atoms with Crippen molar-refractivity contribution in [2.24, 2.45) is 5.92 Å². The largest absolute Gasteiger partial charge is 0.270 e. The first-order valence-corrected chi connectivity index (χ1v) is 7.08. The van der Waals surface area contributed by atoms with E-state index in [2.05, 4.69) is 61.0 Å². The van der Waals surface area contributed by atoms with E-state index in [-0.39, 0.29) is 0 Å². The number of nitrogens with zero attached hydrogens (tertiary/aromatic N) is 2. The molecule has 16 heavy (non-hydrogen) atoms. The number of alkyl halides is 1. The Morgan fingerprint density at radius 1 is 1.31 bits per heavy atom. The second-order valence-corrected chi connectivity index (χ2v) is 6.44. The summed E-state index contributed by atoms with van der Waals surface area (Å²) in [6.45, 7) is 8.84. The van der Waals surface area contributed by atoms with Crippen molar-refractivity contribution in [3.63, 3.8) is 0 Å². The van der Waals surface area contributed by atoms with Crippen LogP contribution in [-0.2, 0) is 6.42 Å².